The summed E-state index contributed by atoms with van der Waals surface area (Å²) in [6.45, 7) is 4.51. The lowest BCUT2D eigenvalue weighted by Crippen LogP contribution is -1.82. The van der Waals surface area contributed by atoms with Gasteiger partial charge in [-0.15, -0.1) is 0 Å². The van der Waals surface area contributed by atoms with Crippen molar-refractivity contribution >= 4 is 11.8 Å². The van der Waals surface area contributed by atoms with Crippen molar-refractivity contribution in [1.82, 2.24) is 0 Å². The fraction of sp³-hybridized carbons (Fsp3) is 0.545. The molecule has 126 valence electrons. The van der Waals surface area contributed by atoms with Crippen molar-refractivity contribution in [2.75, 3.05) is 0 Å². The maximum absolute atomic E-state index is 3.32. The molecule has 1 heteroatoms. The molecule has 0 aliphatic rings. The lowest BCUT2D eigenvalue weighted by Gasteiger charge is -2.06. The Bertz CT molecular complexity index is 476. The smallest absolute Gasteiger partial charge is 0.0119 e. The molecular formula is C22H32S. The summed E-state index contributed by atoms with van der Waals surface area (Å²) in [5.74, 6) is 6.61. The van der Waals surface area contributed by atoms with Crippen LogP contribution in [-0.4, -0.2) is 0 Å². The highest BCUT2D eigenvalue weighted by molar-refractivity contribution is 8.03. The molecule has 0 heterocycles. The zero-order valence-electron chi connectivity index (χ0n) is 14.9. The summed E-state index contributed by atoms with van der Waals surface area (Å²) in [5, 5.41) is 0. The SMILES string of the molecule is CCCCCCC#C/C=C(/CCCCCC)Sc1ccccc1. The van der Waals surface area contributed by atoms with Gasteiger partial charge in [0.1, 0.15) is 0 Å². The van der Waals surface area contributed by atoms with Gasteiger partial charge in [-0.05, 0) is 42.4 Å². The molecule has 0 saturated heterocycles. The van der Waals surface area contributed by atoms with E-state index in [1.54, 1.807) is 0 Å². The number of hydrogen-bond acceptors (Lipinski definition) is 1. The Kier molecular flexibility index (Phi) is 12.5. The van der Waals surface area contributed by atoms with Gasteiger partial charge in [-0.3, -0.25) is 0 Å². The predicted octanol–water partition coefficient (Wildman–Crippen LogP) is 7.61. The zero-order chi connectivity index (χ0) is 16.6. The van der Waals surface area contributed by atoms with Crippen molar-refractivity contribution in [1.29, 1.82) is 0 Å². The number of benzene rings is 1. The molecule has 0 amide bonds. The Morgan fingerprint density at radius 2 is 1.61 bits per heavy atom. The second-order valence-electron chi connectivity index (χ2n) is 5.97. The third kappa shape index (κ3) is 11.1. The Morgan fingerprint density at radius 3 is 2.30 bits per heavy atom. The van der Waals surface area contributed by atoms with E-state index in [9.17, 15) is 0 Å². The summed E-state index contributed by atoms with van der Waals surface area (Å²) in [7, 11) is 0. The van der Waals surface area contributed by atoms with Crippen LogP contribution in [0.25, 0.3) is 0 Å². The van der Waals surface area contributed by atoms with Crippen molar-refractivity contribution in [3.63, 3.8) is 0 Å². The van der Waals surface area contributed by atoms with Gasteiger partial charge < -0.3 is 0 Å². The lowest BCUT2D eigenvalue weighted by atomic mass is 10.1. The molecule has 23 heavy (non-hydrogen) atoms. The van der Waals surface area contributed by atoms with Crippen LogP contribution in [0.15, 0.2) is 46.2 Å². The molecule has 1 aromatic carbocycles. The van der Waals surface area contributed by atoms with E-state index in [1.807, 2.05) is 11.8 Å². The molecule has 0 aromatic heterocycles. The molecule has 0 radical (unpaired) electrons. The summed E-state index contributed by atoms with van der Waals surface area (Å²) in [4.78, 5) is 2.73. The van der Waals surface area contributed by atoms with Gasteiger partial charge in [0.2, 0.25) is 0 Å². The maximum Gasteiger partial charge on any atom is 0.0119 e. The Balaban J connectivity index is 2.48. The second kappa shape index (κ2) is 14.5. The third-order valence-corrected chi connectivity index (χ3v) is 4.85. The number of hydrogen-bond donors (Lipinski definition) is 0. The molecule has 0 bridgehead atoms. The summed E-state index contributed by atoms with van der Waals surface area (Å²) in [5.41, 5.74) is 0. The van der Waals surface area contributed by atoms with E-state index in [0.29, 0.717) is 0 Å². The van der Waals surface area contributed by atoms with E-state index >= 15 is 0 Å². The van der Waals surface area contributed by atoms with E-state index in [4.69, 9.17) is 0 Å². The maximum atomic E-state index is 3.32. The monoisotopic (exact) mass is 328 g/mol. The standard InChI is InChI=1S/C22H32S/c1-3-5-7-9-10-11-14-18-21(17-13-8-6-4-2)23-22-19-15-12-16-20-22/h12,15-16,18-20H,3-10,13,17H2,1-2H3/b21-18-. The molecule has 1 aromatic rings. The van der Waals surface area contributed by atoms with E-state index in [-0.39, 0.29) is 0 Å². The lowest BCUT2D eigenvalue weighted by molar-refractivity contribution is 0.672. The minimum absolute atomic E-state index is 1.04. The highest BCUT2D eigenvalue weighted by Crippen LogP contribution is 2.30. The first-order valence-corrected chi connectivity index (χ1v) is 10.1. The third-order valence-electron chi connectivity index (χ3n) is 3.76. The molecule has 0 saturated carbocycles. The van der Waals surface area contributed by atoms with Gasteiger partial charge in [-0.1, -0.05) is 94.2 Å². The first kappa shape index (κ1) is 19.9. The van der Waals surface area contributed by atoms with Crippen LogP contribution in [0.1, 0.15) is 78.1 Å². The minimum Gasteiger partial charge on any atom is -0.0985 e. The fourth-order valence-electron chi connectivity index (χ4n) is 2.36. The summed E-state index contributed by atoms with van der Waals surface area (Å²) >= 11 is 1.88. The van der Waals surface area contributed by atoms with Crippen molar-refractivity contribution < 1.29 is 0 Å². The van der Waals surface area contributed by atoms with Crippen molar-refractivity contribution in [3.05, 3.63) is 41.3 Å². The van der Waals surface area contributed by atoms with Crippen LogP contribution in [0.5, 0.6) is 0 Å². The molecule has 0 unspecified atom stereocenters. The number of unbranched alkanes of at least 4 members (excludes halogenated alkanes) is 7. The summed E-state index contributed by atoms with van der Waals surface area (Å²) in [6, 6.07) is 10.7. The molecule has 0 aliphatic heterocycles. The van der Waals surface area contributed by atoms with Crippen LogP contribution < -0.4 is 0 Å². The average molecular weight is 329 g/mol. The summed E-state index contributed by atoms with van der Waals surface area (Å²) < 4.78 is 0. The molecule has 0 N–H and O–H groups in total. The van der Waals surface area contributed by atoms with Crippen LogP contribution in [-0.2, 0) is 0 Å². The topological polar surface area (TPSA) is 0 Å². The molecule has 0 atom stereocenters. The van der Waals surface area contributed by atoms with Crippen LogP contribution >= 0.6 is 11.8 Å². The Morgan fingerprint density at radius 1 is 0.913 bits per heavy atom. The normalized spacial score (nSPS) is 11.1. The Hall–Kier alpha value is -1.13. The van der Waals surface area contributed by atoms with E-state index in [2.05, 4.69) is 62.1 Å². The predicted molar refractivity (Wildman–Crippen MR) is 106 cm³/mol. The number of rotatable bonds is 11. The van der Waals surface area contributed by atoms with Gasteiger partial charge in [0.25, 0.3) is 0 Å². The van der Waals surface area contributed by atoms with Crippen LogP contribution in [0.2, 0.25) is 0 Å². The largest absolute Gasteiger partial charge is 0.0985 e. The molecule has 0 fully saturated rings. The van der Waals surface area contributed by atoms with Crippen LogP contribution in [0.3, 0.4) is 0 Å². The second-order valence-corrected chi connectivity index (χ2v) is 7.17. The van der Waals surface area contributed by atoms with Gasteiger partial charge in [-0.25, -0.2) is 0 Å². The zero-order valence-corrected chi connectivity index (χ0v) is 15.8. The highest BCUT2D eigenvalue weighted by atomic mass is 32.2. The molecule has 0 spiro atoms. The van der Waals surface area contributed by atoms with E-state index < -0.39 is 0 Å². The van der Waals surface area contributed by atoms with Crippen LogP contribution in [0.4, 0.5) is 0 Å². The Labute approximate surface area is 148 Å². The van der Waals surface area contributed by atoms with Gasteiger partial charge >= 0.3 is 0 Å². The molecule has 1 rings (SSSR count). The average Bonchev–Trinajstić information content (AvgIpc) is 2.58. The van der Waals surface area contributed by atoms with Gasteiger partial charge in [0.15, 0.2) is 0 Å². The first-order valence-electron chi connectivity index (χ1n) is 9.27. The van der Waals surface area contributed by atoms with E-state index in [0.717, 1.165) is 12.8 Å². The molecule has 0 nitrogen and oxygen atoms in total. The summed E-state index contributed by atoms with van der Waals surface area (Å²) in [6.07, 6.45) is 14.8. The quantitative estimate of drug-likeness (QED) is 0.229. The van der Waals surface area contributed by atoms with Crippen molar-refractivity contribution in [3.8, 4) is 11.8 Å². The van der Waals surface area contributed by atoms with Gasteiger partial charge in [-0.2, -0.15) is 0 Å². The van der Waals surface area contributed by atoms with Crippen LogP contribution in [0, 0.1) is 11.8 Å². The number of thioether (sulfide) groups is 1. The molecule has 0 aliphatic carbocycles. The minimum atomic E-state index is 1.04. The van der Waals surface area contributed by atoms with Crippen molar-refractivity contribution in [2.45, 2.75) is 83.0 Å². The molecular weight excluding hydrogens is 296 g/mol. The van der Waals surface area contributed by atoms with Gasteiger partial charge in [0, 0.05) is 11.3 Å². The van der Waals surface area contributed by atoms with Gasteiger partial charge in [0.05, 0.1) is 0 Å². The highest BCUT2D eigenvalue weighted by Gasteiger charge is 2.00. The van der Waals surface area contributed by atoms with Crippen molar-refractivity contribution in [2.24, 2.45) is 0 Å². The van der Waals surface area contributed by atoms with E-state index in [1.165, 1.54) is 61.2 Å². The number of allylic oxidation sites excluding steroid dienone is 2. The first-order chi connectivity index (χ1) is 11.4. The fourth-order valence-corrected chi connectivity index (χ4v) is 3.32.